The minimum atomic E-state index is -0.607. The number of benzene rings is 1. The zero-order chi connectivity index (χ0) is 19.9. The van der Waals surface area contributed by atoms with Crippen LogP contribution in [0.25, 0.3) is 0 Å². The van der Waals surface area contributed by atoms with Gasteiger partial charge in [-0.15, -0.1) is 0 Å². The summed E-state index contributed by atoms with van der Waals surface area (Å²) in [6.07, 6.45) is 0.932. The maximum absolute atomic E-state index is 12.3. The number of rotatable bonds is 2. The molecule has 0 bridgehead atoms. The molecule has 3 N–H and O–H groups in total. The number of alkyl carbamates (subject to hydrolysis) is 1. The number of amides is 2. The Hall–Kier alpha value is -2.34. The van der Waals surface area contributed by atoms with E-state index in [4.69, 9.17) is 10.5 Å². The monoisotopic (exact) mass is 371 g/mol. The van der Waals surface area contributed by atoms with Crippen LogP contribution in [0.2, 0.25) is 0 Å². The van der Waals surface area contributed by atoms with Gasteiger partial charge in [0.1, 0.15) is 5.60 Å². The fourth-order valence-electron chi connectivity index (χ4n) is 3.86. The highest BCUT2D eigenvalue weighted by Crippen LogP contribution is 2.39. The number of hydrogen-bond donors (Lipinski definition) is 2. The molecular formula is C21H29N3O3. The lowest BCUT2D eigenvalue weighted by atomic mass is 9.84. The van der Waals surface area contributed by atoms with E-state index in [9.17, 15) is 9.59 Å². The Labute approximate surface area is 160 Å². The van der Waals surface area contributed by atoms with Crippen molar-refractivity contribution in [3.8, 4) is 0 Å². The van der Waals surface area contributed by atoms with Gasteiger partial charge in [0.05, 0.1) is 5.57 Å². The van der Waals surface area contributed by atoms with Crippen molar-refractivity contribution in [2.75, 3.05) is 13.1 Å². The van der Waals surface area contributed by atoms with Gasteiger partial charge in [-0.1, -0.05) is 12.1 Å². The number of carbonyl (C=O) groups excluding carboxylic acids is 2. The first-order chi connectivity index (χ1) is 12.5. The third-order valence-corrected chi connectivity index (χ3v) is 5.30. The summed E-state index contributed by atoms with van der Waals surface area (Å²) < 4.78 is 5.36. The average Bonchev–Trinajstić information content (AvgIpc) is 2.53. The molecule has 2 aliphatic heterocycles. The van der Waals surface area contributed by atoms with E-state index in [1.54, 1.807) is 20.8 Å². The van der Waals surface area contributed by atoms with Gasteiger partial charge in [-0.05, 0) is 63.3 Å². The van der Waals surface area contributed by atoms with Crippen molar-refractivity contribution < 1.29 is 14.3 Å². The van der Waals surface area contributed by atoms with E-state index < -0.39 is 17.6 Å². The smallest absolute Gasteiger partial charge is 0.411 e. The van der Waals surface area contributed by atoms with Crippen LogP contribution in [-0.4, -0.2) is 35.6 Å². The average molecular weight is 371 g/mol. The Morgan fingerprint density at radius 3 is 2.52 bits per heavy atom. The van der Waals surface area contributed by atoms with Gasteiger partial charge in [0.15, 0.2) is 0 Å². The molecule has 0 radical (unpaired) electrons. The molecule has 0 aromatic heterocycles. The first-order valence-electron chi connectivity index (χ1n) is 9.41. The highest BCUT2D eigenvalue weighted by molar-refractivity contribution is 5.94. The standard InChI is InChI=1S/C21H29N3O3/c1-12-8-14-6-7-24-11-16(19(22)25)17(23-20(26)27-21(3,4)5)10-18(24)15(14)9-13(12)2/h8-9,18H,6-7,10-11H2,1-5H3,(H2,22,25)(H,23,26)/t18-/m0/s1. The molecule has 1 aromatic carbocycles. The number of carbonyl (C=O) groups is 2. The van der Waals surface area contributed by atoms with Gasteiger partial charge in [-0.3, -0.25) is 15.0 Å². The molecule has 6 nitrogen and oxygen atoms in total. The van der Waals surface area contributed by atoms with E-state index in [0.717, 1.165) is 13.0 Å². The number of aryl methyl sites for hydroxylation is 2. The van der Waals surface area contributed by atoms with E-state index in [1.165, 1.54) is 22.3 Å². The van der Waals surface area contributed by atoms with Crippen molar-refractivity contribution in [3.05, 3.63) is 45.7 Å². The van der Waals surface area contributed by atoms with Crippen LogP contribution in [-0.2, 0) is 16.0 Å². The second kappa shape index (κ2) is 7.00. The first-order valence-corrected chi connectivity index (χ1v) is 9.41. The molecule has 1 aromatic rings. The van der Waals surface area contributed by atoms with Gasteiger partial charge in [-0.2, -0.15) is 0 Å². The molecule has 0 aliphatic carbocycles. The largest absolute Gasteiger partial charge is 0.444 e. The maximum Gasteiger partial charge on any atom is 0.411 e. The molecule has 2 amide bonds. The summed E-state index contributed by atoms with van der Waals surface area (Å²) in [5, 5.41) is 2.79. The Kier molecular flexibility index (Phi) is 5.04. The lowest BCUT2D eigenvalue weighted by molar-refractivity contribution is -0.115. The predicted molar refractivity (Wildman–Crippen MR) is 104 cm³/mol. The molecule has 1 atom stereocenters. The minimum Gasteiger partial charge on any atom is -0.444 e. The number of hydrogen-bond acceptors (Lipinski definition) is 4. The topological polar surface area (TPSA) is 84.7 Å². The van der Waals surface area contributed by atoms with E-state index >= 15 is 0 Å². The van der Waals surface area contributed by atoms with Crippen LogP contribution in [0, 0.1) is 13.8 Å². The zero-order valence-electron chi connectivity index (χ0n) is 16.8. The molecule has 0 spiro atoms. The number of nitrogens with zero attached hydrogens (tertiary/aromatic N) is 1. The molecule has 3 rings (SSSR count). The quantitative estimate of drug-likeness (QED) is 0.837. The van der Waals surface area contributed by atoms with Gasteiger partial charge in [-0.25, -0.2) is 4.79 Å². The Morgan fingerprint density at radius 2 is 1.89 bits per heavy atom. The number of ether oxygens (including phenoxy) is 1. The van der Waals surface area contributed by atoms with Crippen LogP contribution < -0.4 is 11.1 Å². The van der Waals surface area contributed by atoms with Crippen LogP contribution in [0.1, 0.15) is 55.5 Å². The molecule has 0 saturated heterocycles. The molecule has 0 fully saturated rings. The maximum atomic E-state index is 12.3. The number of fused-ring (bicyclic) bond motifs is 3. The van der Waals surface area contributed by atoms with Gasteiger partial charge >= 0.3 is 6.09 Å². The van der Waals surface area contributed by atoms with Crippen LogP contribution >= 0.6 is 0 Å². The summed E-state index contributed by atoms with van der Waals surface area (Å²) in [6, 6.07) is 4.62. The van der Waals surface area contributed by atoms with Crippen LogP contribution in [0.5, 0.6) is 0 Å². The van der Waals surface area contributed by atoms with E-state index in [-0.39, 0.29) is 6.04 Å². The zero-order valence-corrected chi connectivity index (χ0v) is 16.8. The van der Waals surface area contributed by atoms with Crippen LogP contribution in [0.15, 0.2) is 23.4 Å². The normalized spacial score (nSPS) is 20.0. The first kappa shape index (κ1) is 19.4. The van der Waals surface area contributed by atoms with Crippen molar-refractivity contribution in [2.24, 2.45) is 5.73 Å². The lowest BCUT2D eigenvalue weighted by Gasteiger charge is -2.42. The van der Waals surface area contributed by atoms with Gasteiger partial charge in [0, 0.05) is 31.2 Å². The number of primary amides is 1. The summed E-state index contributed by atoms with van der Waals surface area (Å²) in [7, 11) is 0. The highest BCUT2D eigenvalue weighted by Gasteiger charge is 2.35. The summed E-state index contributed by atoms with van der Waals surface area (Å²) in [5.41, 5.74) is 11.2. The Morgan fingerprint density at radius 1 is 1.22 bits per heavy atom. The Balaban J connectivity index is 1.92. The van der Waals surface area contributed by atoms with Crippen molar-refractivity contribution in [1.29, 1.82) is 0 Å². The second-order valence-corrected chi connectivity index (χ2v) is 8.52. The fraction of sp³-hybridized carbons (Fsp3) is 0.524. The lowest BCUT2D eigenvalue weighted by Crippen LogP contribution is -2.45. The molecule has 0 saturated carbocycles. The predicted octanol–water partition coefficient (Wildman–Crippen LogP) is 2.87. The molecule has 0 unspecified atom stereocenters. The van der Waals surface area contributed by atoms with Crippen LogP contribution in [0.4, 0.5) is 4.79 Å². The van der Waals surface area contributed by atoms with E-state index in [2.05, 4.69) is 36.2 Å². The molecule has 146 valence electrons. The second-order valence-electron chi connectivity index (χ2n) is 8.52. The third-order valence-electron chi connectivity index (χ3n) is 5.30. The molecular weight excluding hydrogens is 342 g/mol. The molecule has 6 heteroatoms. The fourth-order valence-corrected chi connectivity index (χ4v) is 3.86. The van der Waals surface area contributed by atoms with Gasteiger partial charge < -0.3 is 10.5 Å². The Bertz CT molecular complexity index is 821. The van der Waals surface area contributed by atoms with Crippen molar-refractivity contribution in [3.63, 3.8) is 0 Å². The summed E-state index contributed by atoms with van der Waals surface area (Å²) in [4.78, 5) is 26.5. The summed E-state index contributed by atoms with van der Waals surface area (Å²) in [5.74, 6) is -0.495. The van der Waals surface area contributed by atoms with Crippen LogP contribution in [0.3, 0.4) is 0 Å². The van der Waals surface area contributed by atoms with Crippen molar-refractivity contribution in [1.82, 2.24) is 10.2 Å². The number of nitrogens with two attached hydrogens (primary N) is 1. The third kappa shape index (κ3) is 4.16. The van der Waals surface area contributed by atoms with E-state index in [0.29, 0.717) is 24.2 Å². The van der Waals surface area contributed by atoms with Crippen molar-refractivity contribution >= 4 is 12.0 Å². The van der Waals surface area contributed by atoms with Gasteiger partial charge in [0.2, 0.25) is 5.91 Å². The minimum absolute atomic E-state index is 0.126. The highest BCUT2D eigenvalue weighted by atomic mass is 16.6. The molecule has 2 aliphatic rings. The molecule has 2 heterocycles. The summed E-state index contributed by atoms with van der Waals surface area (Å²) >= 11 is 0. The van der Waals surface area contributed by atoms with Crippen molar-refractivity contribution in [2.45, 2.75) is 59.1 Å². The molecule has 27 heavy (non-hydrogen) atoms. The summed E-state index contributed by atoms with van der Waals surface area (Å²) in [6.45, 7) is 11.0. The van der Waals surface area contributed by atoms with Gasteiger partial charge in [0.25, 0.3) is 0 Å². The van der Waals surface area contributed by atoms with E-state index in [1.807, 2.05) is 0 Å². The SMILES string of the molecule is Cc1cc2c(cc1C)[C@@H]1CC(NC(=O)OC(C)(C)C)=C(C(N)=O)CN1CC2. The number of nitrogens with one attached hydrogen (secondary N) is 1.